The number of amides is 4. The van der Waals surface area contributed by atoms with Gasteiger partial charge in [0.25, 0.3) is 11.8 Å². The highest BCUT2D eigenvalue weighted by molar-refractivity contribution is 6.06. The second-order valence-electron chi connectivity index (χ2n) is 10.1. The molecule has 0 saturated carbocycles. The van der Waals surface area contributed by atoms with Gasteiger partial charge < -0.3 is 30.5 Å². The van der Waals surface area contributed by atoms with Gasteiger partial charge in [0.15, 0.2) is 0 Å². The molecule has 4 aromatic rings. The number of carbonyl (C=O) groups is 3. The number of benzene rings is 4. The van der Waals surface area contributed by atoms with Gasteiger partial charge in [-0.25, -0.2) is 13.6 Å². The van der Waals surface area contributed by atoms with Crippen LogP contribution in [0.25, 0.3) is 0 Å². The Bertz CT molecular complexity index is 1660. The fourth-order valence-electron chi connectivity index (χ4n) is 4.83. The smallest absolute Gasteiger partial charge is 0.322 e. The third-order valence-corrected chi connectivity index (χ3v) is 7.22. The highest BCUT2D eigenvalue weighted by atomic mass is 19.1. The van der Waals surface area contributed by atoms with Crippen molar-refractivity contribution < 1.29 is 27.9 Å². The number of ether oxygens (including phenoxy) is 1. The van der Waals surface area contributed by atoms with E-state index in [1.165, 1.54) is 31.4 Å². The number of hydrogen-bond acceptors (Lipinski definition) is 5. The van der Waals surface area contributed by atoms with Crippen molar-refractivity contribution >= 4 is 34.9 Å². The topological polar surface area (TPSA) is 103 Å². The predicted molar refractivity (Wildman–Crippen MR) is 164 cm³/mol. The van der Waals surface area contributed by atoms with Gasteiger partial charge >= 0.3 is 6.03 Å². The number of piperazine rings is 1. The molecule has 0 spiro atoms. The van der Waals surface area contributed by atoms with Crippen LogP contribution in [0.15, 0.2) is 91.0 Å². The summed E-state index contributed by atoms with van der Waals surface area (Å²) in [6.45, 7) is 1.68. The summed E-state index contributed by atoms with van der Waals surface area (Å²) in [4.78, 5) is 42.8. The minimum Gasteiger partial charge on any atom is -0.497 e. The first-order valence-corrected chi connectivity index (χ1v) is 14.0. The molecule has 0 atom stereocenters. The molecule has 0 unspecified atom stereocenters. The van der Waals surface area contributed by atoms with Gasteiger partial charge in [-0.05, 0) is 66.2 Å². The molecule has 3 N–H and O–H groups in total. The molecule has 11 heteroatoms. The molecule has 1 aliphatic heterocycles. The standard InChI is InChI=1S/C33H31F2N5O4/c1-44-26-6-4-5-23(19-26)31(41)37-25-13-14-30(27(20-25)32(42)36-21-22-9-11-24(34)12-10-22)39-15-17-40(18-16-39)33(43)38-29-8-3-2-7-28(29)35/h2-14,19-20H,15-18,21H2,1H3,(H,36,42)(H,37,41)(H,38,43). The average molecular weight is 600 g/mol. The lowest BCUT2D eigenvalue weighted by molar-refractivity contribution is 0.0949. The van der Waals surface area contributed by atoms with E-state index < -0.39 is 11.8 Å². The quantitative estimate of drug-likeness (QED) is 0.248. The van der Waals surface area contributed by atoms with Gasteiger partial charge in [-0.15, -0.1) is 0 Å². The Labute approximate surface area is 253 Å². The van der Waals surface area contributed by atoms with E-state index in [1.807, 2.05) is 4.90 Å². The molecule has 4 aromatic carbocycles. The fraction of sp³-hybridized carbons (Fsp3) is 0.182. The molecule has 226 valence electrons. The first-order valence-electron chi connectivity index (χ1n) is 14.0. The normalized spacial score (nSPS) is 12.8. The second kappa shape index (κ2) is 13.7. The SMILES string of the molecule is COc1cccc(C(=O)Nc2ccc(N3CCN(C(=O)Nc4ccccc4F)CC3)c(C(=O)NCc3ccc(F)cc3)c2)c1. The van der Waals surface area contributed by atoms with E-state index >= 15 is 0 Å². The van der Waals surface area contributed by atoms with Crippen LogP contribution in [0.3, 0.4) is 0 Å². The van der Waals surface area contributed by atoms with Crippen LogP contribution >= 0.6 is 0 Å². The van der Waals surface area contributed by atoms with Gasteiger partial charge in [-0.2, -0.15) is 0 Å². The molecule has 44 heavy (non-hydrogen) atoms. The fourth-order valence-corrected chi connectivity index (χ4v) is 4.83. The third-order valence-electron chi connectivity index (χ3n) is 7.22. The number of hydrogen-bond donors (Lipinski definition) is 3. The molecule has 0 aromatic heterocycles. The van der Waals surface area contributed by atoms with Gasteiger partial charge in [0, 0.05) is 49.7 Å². The zero-order chi connectivity index (χ0) is 31.1. The number of methoxy groups -OCH3 is 1. The van der Waals surface area contributed by atoms with Gasteiger partial charge in [-0.3, -0.25) is 9.59 Å². The number of anilines is 3. The maximum atomic E-state index is 14.0. The number of para-hydroxylation sites is 1. The van der Waals surface area contributed by atoms with Gasteiger partial charge in [0.2, 0.25) is 0 Å². The summed E-state index contributed by atoms with van der Waals surface area (Å²) >= 11 is 0. The van der Waals surface area contributed by atoms with Crippen LogP contribution in [-0.2, 0) is 6.54 Å². The summed E-state index contributed by atoms with van der Waals surface area (Å²) in [6.07, 6.45) is 0. The molecule has 1 fully saturated rings. The summed E-state index contributed by atoms with van der Waals surface area (Å²) in [5.41, 5.74) is 2.57. The monoisotopic (exact) mass is 599 g/mol. The summed E-state index contributed by atoms with van der Waals surface area (Å²) in [6, 6.07) is 23.2. The van der Waals surface area contributed by atoms with E-state index in [2.05, 4.69) is 16.0 Å². The number of urea groups is 1. The highest BCUT2D eigenvalue weighted by Gasteiger charge is 2.25. The molecule has 4 amide bonds. The van der Waals surface area contributed by atoms with Gasteiger partial charge in [0.1, 0.15) is 17.4 Å². The summed E-state index contributed by atoms with van der Waals surface area (Å²) in [7, 11) is 1.52. The Kier molecular flexibility index (Phi) is 9.34. The molecule has 1 saturated heterocycles. The Hall–Kier alpha value is -5.45. The van der Waals surface area contributed by atoms with Crippen molar-refractivity contribution in [2.75, 3.05) is 48.8 Å². The number of nitrogens with zero attached hydrogens (tertiary/aromatic N) is 2. The van der Waals surface area contributed by atoms with Crippen molar-refractivity contribution in [2.24, 2.45) is 0 Å². The average Bonchev–Trinajstić information content (AvgIpc) is 3.05. The van der Waals surface area contributed by atoms with Crippen LogP contribution < -0.4 is 25.6 Å². The lowest BCUT2D eigenvalue weighted by Gasteiger charge is -2.37. The summed E-state index contributed by atoms with van der Waals surface area (Å²) in [5, 5.41) is 8.32. The molecule has 0 bridgehead atoms. The van der Waals surface area contributed by atoms with Gasteiger partial charge in [0.05, 0.1) is 18.4 Å². The number of rotatable bonds is 8. The lowest BCUT2D eigenvalue weighted by atomic mass is 10.1. The van der Waals surface area contributed by atoms with Gasteiger partial charge in [-0.1, -0.05) is 30.3 Å². The lowest BCUT2D eigenvalue weighted by Crippen LogP contribution is -2.50. The van der Waals surface area contributed by atoms with E-state index in [-0.39, 0.29) is 29.9 Å². The molecule has 1 aliphatic rings. The molecule has 9 nitrogen and oxygen atoms in total. The third kappa shape index (κ3) is 7.30. The Morgan fingerprint density at radius 1 is 0.795 bits per heavy atom. The number of carbonyl (C=O) groups excluding carboxylic acids is 3. The van der Waals surface area contributed by atoms with Crippen LogP contribution in [0.2, 0.25) is 0 Å². The number of nitrogens with one attached hydrogen (secondary N) is 3. The van der Waals surface area contributed by atoms with Crippen molar-refractivity contribution in [3.8, 4) is 5.75 Å². The van der Waals surface area contributed by atoms with Crippen molar-refractivity contribution in [3.05, 3.63) is 119 Å². The second-order valence-corrected chi connectivity index (χ2v) is 10.1. The Balaban J connectivity index is 1.32. The van der Waals surface area contributed by atoms with Crippen molar-refractivity contribution in [1.29, 1.82) is 0 Å². The van der Waals surface area contributed by atoms with E-state index in [9.17, 15) is 23.2 Å². The summed E-state index contributed by atoms with van der Waals surface area (Å²) in [5.74, 6) is -1.11. The van der Waals surface area contributed by atoms with E-state index in [0.717, 1.165) is 5.56 Å². The summed E-state index contributed by atoms with van der Waals surface area (Å²) < 4.78 is 32.6. The molecule has 1 heterocycles. The minimum atomic E-state index is -0.519. The molecule has 0 aliphatic carbocycles. The van der Waals surface area contributed by atoms with Crippen LogP contribution in [0.5, 0.6) is 5.75 Å². The van der Waals surface area contributed by atoms with E-state index in [1.54, 1.807) is 71.6 Å². The molecular formula is C33H31F2N5O4. The van der Waals surface area contributed by atoms with Crippen LogP contribution in [0.1, 0.15) is 26.3 Å². The minimum absolute atomic E-state index is 0.103. The molecule has 5 rings (SSSR count). The first-order chi connectivity index (χ1) is 21.3. The largest absolute Gasteiger partial charge is 0.497 e. The van der Waals surface area contributed by atoms with Crippen LogP contribution in [-0.4, -0.2) is 56.0 Å². The van der Waals surface area contributed by atoms with E-state index in [0.29, 0.717) is 54.4 Å². The highest BCUT2D eigenvalue weighted by Crippen LogP contribution is 2.27. The Morgan fingerprint density at radius 3 is 2.27 bits per heavy atom. The van der Waals surface area contributed by atoms with Crippen LogP contribution in [0.4, 0.5) is 30.6 Å². The first kappa shape index (κ1) is 30.0. The maximum absolute atomic E-state index is 14.0. The zero-order valence-electron chi connectivity index (χ0n) is 24.0. The number of halogens is 2. The van der Waals surface area contributed by atoms with Crippen LogP contribution in [0, 0.1) is 11.6 Å². The maximum Gasteiger partial charge on any atom is 0.322 e. The predicted octanol–water partition coefficient (Wildman–Crippen LogP) is 5.51. The van der Waals surface area contributed by atoms with E-state index in [4.69, 9.17) is 4.74 Å². The van der Waals surface area contributed by atoms with Crippen molar-refractivity contribution in [2.45, 2.75) is 6.54 Å². The van der Waals surface area contributed by atoms with Crippen molar-refractivity contribution in [1.82, 2.24) is 10.2 Å². The zero-order valence-corrected chi connectivity index (χ0v) is 24.0. The molecular weight excluding hydrogens is 568 g/mol. The Morgan fingerprint density at radius 2 is 1.55 bits per heavy atom. The molecule has 0 radical (unpaired) electrons. The van der Waals surface area contributed by atoms with Crippen molar-refractivity contribution in [3.63, 3.8) is 0 Å².